The first-order valence-electron chi connectivity index (χ1n) is 28.6. The minimum Gasteiger partial charge on any atom is -0.509 e. The Morgan fingerprint density at radius 3 is 1.69 bits per heavy atom. The van der Waals surface area contributed by atoms with Gasteiger partial charge in [0.2, 0.25) is 5.78 Å². The van der Waals surface area contributed by atoms with Crippen LogP contribution < -0.4 is 14.5 Å². The number of imidazole rings is 2. The Kier molecular flexibility index (Phi) is 12.7. The second-order valence-corrected chi connectivity index (χ2v) is 24.0. The van der Waals surface area contributed by atoms with Crippen molar-refractivity contribution in [1.82, 2.24) is 18.9 Å². The monoisotopic (exact) mass is 1270 g/mol. The molecule has 4 heterocycles. The molecular formula is C76H59N6OPt-3. The molecule has 84 heavy (non-hydrogen) atoms. The second-order valence-electron chi connectivity index (χ2n) is 24.0. The number of pyridine rings is 1. The van der Waals surface area contributed by atoms with E-state index in [-0.39, 0.29) is 31.9 Å². The van der Waals surface area contributed by atoms with E-state index in [9.17, 15) is 0 Å². The van der Waals surface area contributed by atoms with Crippen LogP contribution in [0.4, 0.5) is 22.7 Å². The van der Waals surface area contributed by atoms with Gasteiger partial charge in [0.25, 0.3) is 0 Å². The van der Waals surface area contributed by atoms with Crippen molar-refractivity contribution in [2.75, 3.05) is 9.80 Å². The fraction of sp³-hybridized carbons (Fsp3) is 0.118. The van der Waals surface area contributed by atoms with Crippen LogP contribution >= 0.6 is 0 Å². The van der Waals surface area contributed by atoms with E-state index in [1.807, 2.05) is 18.3 Å². The van der Waals surface area contributed by atoms with Gasteiger partial charge in [-0.3, -0.25) is 4.57 Å². The van der Waals surface area contributed by atoms with Gasteiger partial charge in [0.1, 0.15) is 5.82 Å². The molecule has 0 saturated carbocycles. The van der Waals surface area contributed by atoms with Crippen LogP contribution in [0.25, 0.3) is 67.0 Å². The zero-order valence-electron chi connectivity index (χ0n) is 47.6. The number of hydrogen-bond donors (Lipinski definition) is 0. The molecule has 7 nitrogen and oxygen atoms in total. The molecule has 10 aromatic carbocycles. The molecule has 0 saturated heterocycles. The zero-order chi connectivity index (χ0) is 56.2. The van der Waals surface area contributed by atoms with Crippen molar-refractivity contribution in [3.8, 4) is 50.7 Å². The summed E-state index contributed by atoms with van der Waals surface area (Å²) in [6, 6.07) is 92.8. The number of aromatic nitrogens is 4. The number of anilines is 4. The third-order valence-electron chi connectivity index (χ3n) is 16.8. The summed E-state index contributed by atoms with van der Waals surface area (Å²) < 4.78 is 11.7. The molecule has 3 aromatic heterocycles. The predicted molar refractivity (Wildman–Crippen MR) is 339 cm³/mol. The summed E-state index contributed by atoms with van der Waals surface area (Å²) in [4.78, 5) is 14.9. The average Bonchev–Trinajstić information content (AvgIpc) is 1.70. The van der Waals surface area contributed by atoms with E-state index in [4.69, 9.17) is 14.7 Å². The summed E-state index contributed by atoms with van der Waals surface area (Å²) in [5.74, 6) is 2.58. The molecule has 0 spiro atoms. The predicted octanol–water partition coefficient (Wildman–Crippen LogP) is 18.9. The van der Waals surface area contributed by atoms with Crippen molar-refractivity contribution in [2.24, 2.45) is 0 Å². The van der Waals surface area contributed by atoms with E-state index in [1.165, 1.54) is 33.4 Å². The van der Waals surface area contributed by atoms with Gasteiger partial charge in [-0.25, -0.2) is 9.97 Å². The summed E-state index contributed by atoms with van der Waals surface area (Å²) in [6.45, 7) is 15.8. The topological polar surface area (TPSA) is 50.8 Å². The number of ether oxygens (including phenoxy) is 1. The summed E-state index contributed by atoms with van der Waals surface area (Å²) in [6.07, 6.45) is 1.89. The van der Waals surface area contributed by atoms with Gasteiger partial charge in [0.05, 0.1) is 11.0 Å². The summed E-state index contributed by atoms with van der Waals surface area (Å²) in [5, 5.41) is 0. The van der Waals surface area contributed by atoms with Crippen LogP contribution in [0.1, 0.15) is 74.9 Å². The molecule has 8 heteroatoms. The van der Waals surface area contributed by atoms with Crippen molar-refractivity contribution in [1.29, 1.82) is 0 Å². The summed E-state index contributed by atoms with van der Waals surface area (Å²) in [5.41, 5.74) is 20.6. The number of para-hydroxylation sites is 4. The van der Waals surface area contributed by atoms with Gasteiger partial charge in [-0.1, -0.05) is 205 Å². The Balaban J connectivity index is 0.00000627. The number of nitrogens with zero attached hydrogens (tertiary/aromatic N) is 6. The molecule has 0 atom stereocenters. The molecule has 412 valence electrons. The minimum absolute atomic E-state index is 0. The Hall–Kier alpha value is -9.29. The van der Waals surface area contributed by atoms with Crippen molar-refractivity contribution >= 4 is 50.6 Å². The van der Waals surface area contributed by atoms with Gasteiger partial charge in [0.15, 0.2) is 0 Å². The molecule has 15 rings (SSSR count). The van der Waals surface area contributed by atoms with E-state index in [0.717, 1.165) is 89.8 Å². The number of rotatable bonds is 9. The summed E-state index contributed by atoms with van der Waals surface area (Å²) in [7, 11) is 0. The molecule has 0 N–H and O–H groups in total. The van der Waals surface area contributed by atoms with Crippen molar-refractivity contribution in [2.45, 2.75) is 57.8 Å². The average molecular weight is 1270 g/mol. The molecule has 1 aliphatic carbocycles. The number of benzene rings is 10. The maximum Gasteiger partial charge on any atom is 0.208 e. The first kappa shape index (κ1) is 52.8. The molecule has 2 aliphatic rings. The first-order chi connectivity index (χ1) is 40.4. The molecule has 0 unspecified atom stereocenters. The molecule has 13 aromatic rings. The maximum atomic E-state index is 7.34. The SMILES string of the molecule is CC(C)(C)c1ccnc(-n2c3[c-]c(Oc4[c-]c(N5[CH-]N(c6c(-c7ccccc7)cc(C(C)(C)C)cc6-c6ccccc6)c6ccccc65)cc(C5(c6ccccc6)c6ccccc6-c6ccccc65)c4)ccc3n3c4ccccc4nc23)c1.[Pt]. The van der Waals surface area contributed by atoms with Gasteiger partial charge in [-0.05, 0) is 120 Å². The largest absolute Gasteiger partial charge is 0.509 e. The second kappa shape index (κ2) is 20.3. The van der Waals surface area contributed by atoms with E-state index < -0.39 is 5.41 Å². The Morgan fingerprint density at radius 1 is 0.476 bits per heavy atom. The molecule has 0 amide bonds. The number of fused-ring (bicyclic) bond motifs is 9. The van der Waals surface area contributed by atoms with E-state index >= 15 is 0 Å². The van der Waals surface area contributed by atoms with Crippen LogP contribution in [-0.2, 0) is 37.3 Å². The smallest absolute Gasteiger partial charge is 0.208 e. The third-order valence-corrected chi connectivity index (χ3v) is 16.8. The Bertz CT molecular complexity index is 4560. The van der Waals surface area contributed by atoms with E-state index in [1.54, 1.807) is 0 Å². The Labute approximate surface area is 505 Å². The number of hydrogen-bond acceptors (Lipinski definition) is 5. The molecule has 0 fully saturated rings. The van der Waals surface area contributed by atoms with Gasteiger partial charge >= 0.3 is 0 Å². The van der Waals surface area contributed by atoms with Crippen LogP contribution in [-0.4, -0.2) is 18.9 Å². The van der Waals surface area contributed by atoms with E-state index in [0.29, 0.717) is 11.5 Å². The fourth-order valence-corrected chi connectivity index (χ4v) is 12.8. The van der Waals surface area contributed by atoms with Crippen LogP contribution in [0.3, 0.4) is 0 Å². The van der Waals surface area contributed by atoms with Crippen molar-refractivity contribution in [3.63, 3.8) is 0 Å². The van der Waals surface area contributed by atoms with Gasteiger partial charge < -0.3 is 18.9 Å². The molecule has 0 bridgehead atoms. The molecule has 1 aliphatic heterocycles. The summed E-state index contributed by atoms with van der Waals surface area (Å²) >= 11 is 0. The standard InChI is InChI=1S/C76H59N6O.Pt/c1-74(2,3)53-40-41-77-71(46-53)82-70-48-57(38-39-69(70)81-66-35-21-20-34-65(66)78-73(81)82)83-58-43-55(76(52-28-14-9-15-29-52)63-32-18-16-30-59(63)60-31-17-19-33-64(60)76)42-56(47-58)79-49-80(68-37-23-22-36-67(68)79)72-61(50-24-10-7-11-25-50)44-54(75(4,5)6)45-62(72)51-26-12-8-13-27-51;/h7-46,49H,1-6H3;/q-3;. The van der Waals surface area contributed by atoms with Gasteiger partial charge in [-0.2, -0.15) is 0 Å². The zero-order valence-corrected chi connectivity index (χ0v) is 49.9. The first-order valence-corrected chi connectivity index (χ1v) is 28.6. The van der Waals surface area contributed by atoms with E-state index in [2.05, 4.69) is 304 Å². The van der Waals surface area contributed by atoms with Gasteiger partial charge in [0, 0.05) is 72.4 Å². The van der Waals surface area contributed by atoms with Crippen molar-refractivity contribution in [3.05, 3.63) is 295 Å². The fourth-order valence-electron chi connectivity index (χ4n) is 12.8. The Morgan fingerprint density at radius 2 is 1.05 bits per heavy atom. The van der Waals surface area contributed by atoms with Crippen LogP contribution in [0.2, 0.25) is 0 Å². The molecule has 0 radical (unpaired) electrons. The normalized spacial score (nSPS) is 13.5. The van der Waals surface area contributed by atoms with Crippen LogP contribution in [0, 0.1) is 18.8 Å². The third kappa shape index (κ3) is 8.50. The maximum absolute atomic E-state index is 7.34. The minimum atomic E-state index is -0.752. The molecular weight excluding hydrogens is 1210 g/mol. The van der Waals surface area contributed by atoms with Crippen LogP contribution in [0.5, 0.6) is 11.5 Å². The van der Waals surface area contributed by atoms with Crippen LogP contribution in [0.15, 0.2) is 243 Å². The quantitative estimate of drug-likeness (QED) is 0.135. The van der Waals surface area contributed by atoms with Crippen molar-refractivity contribution < 1.29 is 25.8 Å². The van der Waals surface area contributed by atoms with Gasteiger partial charge in [-0.15, -0.1) is 54.3 Å².